The van der Waals surface area contributed by atoms with Gasteiger partial charge in [-0.3, -0.25) is 0 Å². The molecule has 1 aromatic heterocycles. The van der Waals surface area contributed by atoms with Crippen LogP contribution >= 0.6 is 34.7 Å². The average Bonchev–Trinajstić information content (AvgIpc) is 3.28. The molecule has 0 saturated carbocycles. The van der Waals surface area contributed by atoms with E-state index in [0.29, 0.717) is 6.61 Å². The van der Waals surface area contributed by atoms with Gasteiger partial charge in [0.25, 0.3) is 0 Å². The minimum absolute atomic E-state index is 0.0167. The maximum Gasteiger partial charge on any atom is 0.127 e. The van der Waals surface area contributed by atoms with Crippen molar-refractivity contribution in [2.45, 2.75) is 11.5 Å². The van der Waals surface area contributed by atoms with E-state index in [1.54, 1.807) is 35.2 Å². The number of carboxylic acid groups (broad SMARTS) is 1. The molecule has 156 valence electrons. The van der Waals surface area contributed by atoms with Crippen LogP contribution in [0.2, 0.25) is 5.02 Å². The van der Waals surface area contributed by atoms with Gasteiger partial charge < -0.3 is 14.6 Å². The molecule has 0 aliphatic rings. The Labute approximate surface area is 194 Å². The molecule has 6 heteroatoms. The van der Waals surface area contributed by atoms with Crippen molar-refractivity contribution in [1.29, 1.82) is 0 Å². The van der Waals surface area contributed by atoms with Crippen molar-refractivity contribution in [2.75, 3.05) is 6.26 Å². The molecule has 0 radical (unpaired) electrons. The lowest BCUT2D eigenvalue weighted by atomic mass is 10.0. The zero-order valence-electron chi connectivity index (χ0n) is 16.6. The molecule has 31 heavy (non-hydrogen) atoms. The third-order valence-corrected chi connectivity index (χ3v) is 6.85. The number of benzene rings is 3. The topological polar surface area (TPSA) is 49.4 Å². The smallest absolute Gasteiger partial charge is 0.127 e. The first-order valence-electron chi connectivity index (χ1n) is 9.50. The van der Waals surface area contributed by atoms with Crippen molar-refractivity contribution in [2.24, 2.45) is 0 Å². The Morgan fingerprint density at radius 3 is 2.58 bits per heavy atom. The lowest BCUT2D eigenvalue weighted by Crippen LogP contribution is -2.22. The van der Waals surface area contributed by atoms with Crippen molar-refractivity contribution in [3.8, 4) is 27.3 Å². The second-order valence-electron chi connectivity index (χ2n) is 6.78. The van der Waals surface area contributed by atoms with Gasteiger partial charge >= 0.3 is 0 Å². The molecule has 0 aliphatic carbocycles. The van der Waals surface area contributed by atoms with Crippen LogP contribution in [0.1, 0.15) is 15.9 Å². The molecule has 0 saturated heterocycles. The summed E-state index contributed by atoms with van der Waals surface area (Å²) in [5.41, 5.74) is 3.79. The van der Waals surface area contributed by atoms with Gasteiger partial charge in [-0.2, -0.15) is 0 Å². The Balaban J connectivity index is 1.76. The van der Waals surface area contributed by atoms with Crippen LogP contribution in [0.5, 0.6) is 5.75 Å². The number of aromatic carboxylic acids is 1. The van der Waals surface area contributed by atoms with E-state index in [9.17, 15) is 9.90 Å². The van der Waals surface area contributed by atoms with Gasteiger partial charge in [-0.05, 0) is 59.2 Å². The number of carboxylic acids is 1. The van der Waals surface area contributed by atoms with E-state index < -0.39 is 5.97 Å². The number of thiophene rings is 1. The maximum absolute atomic E-state index is 11.4. The second kappa shape index (κ2) is 9.60. The fourth-order valence-corrected chi connectivity index (χ4v) is 4.82. The van der Waals surface area contributed by atoms with Gasteiger partial charge in [0.2, 0.25) is 0 Å². The number of rotatable bonds is 7. The molecular weight excluding hydrogens is 448 g/mol. The number of carbonyl (C=O) groups is 1. The maximum atomic E-state index is 11.4. The van der Waals surface area contributed by atoms with Crippen LogP contribution in [0.3, 0.4) is 0 Å². The minimum Gasteiger partial charge on any atom is -0.545 e. The average molecular weight is 466 g/mol. The second-order valence-corrected chi connectivity index (χ2v) is 8.98. The number of thioether (sulfide) groups is 1. The van der Waals surface area contributed by atoms with Gasteiger partial charge in [0.15, 0.2) is 0 Å². The monoisotopic (exact) mass is 465 g/mol. The Bertz CT molecular complexity index is 1220. The van der Waals surface area contributed by atoms with E-state index in [1.165, 1.54) is 0 Å². The highest BCUT2D eigenvalue weighted by atomic mass is 35.5. The van der Waals surface area contributed by atoms with Gasteiger partial charge in [0.05, 0.1) is 5.97 Å². The molecular formula is C25H18ClO3S2-. The Morgan fingerprint density at radius 1 is 1.03 bits per heavy atom. The summed E-state index contributed by atoms with van der Waals surface area (Å²) in [7, 11) is 0. The van der Waals surface area contributed by atoms with E-state index in [2.05, 4.69) is 6.07 Å². The van der Waals surface area contributed by atoms with Crippen LogP contribution < -0.4 is 9.84 Å². The predicted molar refractivity (Wildman–Crippen MR) is 127 cm³/mol. The van der Waals surface area contributed by atoms with Crippen LogP contribution in [0.15, 0.2) is 83.1 Å². The molecule has 4 rings (SSSR count). The number of hydrogen-bond donors (Lipinski definition) is 0. The fourth-order valence-electron chi connectivity index (χ4n) is 3.28. The number of hydrogen-bond acceptors (Lipinski definition) is 5. The van der Waals surface area contributed by atoms with Crippen LogP contribution in [0.4, 0.5) is 0 Å². The van der Waals surface area contributed by atoms with Crippen molar-refractivity contribution < 1.29 is 14.6 Å². The van der Waals surface area contributed by atoms with Crippen LogP contribution in [-0.4, -0.2) is 12.2 Å². The van der Waals surface area contributed by atoms with Crippen LogP contribution in [0.25, 0.3) is 21.6 Å². The molecule has 0 N–H and O–H groups in total. The van der Waals surface area contributed by atoms with Gasteiger partial charge in [-0.15, -0.1) is 23.1 Å². The van der Waals surface area contributed by atoms with Crippen molar-refractivity contribution in [3.05, 3.63) is 94.3 Å². The highest BCUT2D eigenvalue weighted by Gasteiger charge is 2.16. The molecule has 0 spiro atoms. The predicted octanol–water partition coefficient (Wildman–Crippen LogP) is 6.40. The summed E-state index contributed by atoms with van der Waals surface area (Å²) in [4.78, 5) is 13.5. The van der Waals surface area contributed by atoms with Crippen molar-refractivity contribution in [3.63, 3.8) is 0 Å². The number of halogens is 1. The number of ether oxygens (including phenoxy) is 1. The minimum atomic E-state index is -1.29. The summed E-state index contributed by atoms with van der Waals surface area (Å²) in [5.74, 6) is -0.517. The molecule has 3 aromatic carbocycles. The summed E-state index contributed by atoms with van der Waals surface area (Å²) in [6.07, 6.45) is 2.03. The Kier molecular flexibility index (Phi) is 6.66. The van der Waals surface area contributed by atoms with Crippen molar-refractivity contribution in [1.82, 2.24) is 0 Å². The molecule has 0 unspecified atom stereocenters. The van der Waals surface area contributed by atoms with Crippen LogP contribution in [-0.2, 0) is 6.61 Å². The zero-order valence-corrected chi connectivity index (χ0v) is 19.0. The normalized spacial score (nSPS) is 10.8. The largest absolute Gasteiger partial charge is 0.545 e. The summed E-state index contributed by atoms with van der Waals surface area (Å²) in [6, 6.07) is 23.2. The van der Waals surface area contributed by atoms with E-state index in [4.69, 9.17) is 16.3 Å². The van der Waals surface area contributed by atoms with E-state index in [1.807, 2.05) is 66.2 Å². The first-order valence-corrected chi connectivity index (χ1v) is 12.0. The van der Waals surface area contributed by atoms with Gasteiger partial charge in [0.1, 0.15) is 12.4 Å². The SMILES string of the molecule is CSc1ccc(OCc2ccccc2)c(-c2ccsc2-c2ccc(Cl)c(C(=O)[O-])c2)c1. The fraction of sp³-hybridized carbons (Fsp3) is 0.0800. The molecule has 0 amide bonds. The summed E-state index contributed by atoms with van der Waals surface area (Å²) >= 11 is 9.23. The van der Waals surface area contributed by atoms with Crippen LogP contribution in [0, 0.1) is 0 Å². The van der Waals surface area contributed by atoms with E-state index in [0.717, 1.165) is 37.8 Å². The lowest BCUT2D eigenvalue weighted by Gasteiger charge is -2.15. The lowest BCUT2D eigenvalue weighted by molar-refractivity contribution is -0.255. The van der Waals surface area contributed by atoms with Gasteiger partial charge in [0, 0.05) is 31.5 Å². The highest BCUT2D eigenvalue weighted by molar-refractivity contribution is 7.98. The standard InChI is InChI=1S/C25H19ClO3S2/c1-30-18-8-10-23(29-15-16-5-3-2-4-6-16)20(14-18)19-11-12-31-24(19)17-7-9-22(26)21(13-17)25(27)28/h2-14H,15H2,1H3,(H,27,28)/p-1. The summed E-state index contributed by atoms with van der Waals surface area (Å²) in [5, 5.41) is 13.6. The third kappa shape index (κ3) is 4.79. The van der Waals surface area contributed by atoms with Crippen molar-refractivity contribution >= 4 is 40.7 Å². The van der Waals surface area contributed by atoms with Gasteiger partial charge in [-0.25, -0.2) is 0 Å². The first-order chi connectivity index (χ1) is 15.1. The molecule has 3 nitrogen and oxygen atoms in total. The molecule has 0 atom stereocenters. The summed E-state index contributed by atoms with van der Waals surface area (Å²) in [6.45, 7) is 0.460. The quantitative estimate of drug-likeness (QED) is 0.296. The van der Waals surface area contributed by atoms with E-state index >= 15 is 0 Å². The Morgan fingerprint density at radius 2 is 1.84 bits per heavy atom. The molecule has 1 heterocycles. The molecule has 0 bridgehead atoms. The molecule has 0 fully saturated rings. The van der Waals surface area contributed by atoms with Gasteiger partial charge in [-0.1, -0.05) is 48.0 Å². The van der Waals surface area contributed by atoms with E-state index in [-0.39, 0.29) is 10.6 Å². The number of carbonyl (C=O) groups excluding carboxylic acids is 1. The third-order valence-electron chi connectivity index (χ3n) is 4.83. The first kappa shape index (κ1) is 21.5. The zero-order chi connectivity index (χ0) is 21.8. The summed E-state index contributed by atoms with van der Waals surface area (Å²) < 4.78 is 6.19. The molecule has 4 aromatic rings. The highest BCUT2D eigenvalue weighted by Crippen LogP contribution is 2.43. The molecule has 0 aliphatic heterocycles. The Hall–Kier alpha value is -2.73.